The lowest BCUT2D eigenvalue weighted by atomic mass is 10.0. The largest absolute Gasteiger partial charge is 0.490 e. The minimum Gasteiger partial charge on any atom is -0.490 e. The molecule has 0 spiro atoms. The van der Waals surface area contributed by atoms with Crippen molar-refractivity contribution in [1.29, 1.82) is 0 Å². The summed E-state index contributed by atoms with van der Waals surface area (Å²) < 4.78 is 49.3. The highest BCUT2D eigenvalue weighted by molar-refractivity contribution is 6.05. The zero-order chi connectivity index (χ0) is 26.2. The summed E-state index contributed by atoms with van der Waals surface area (Å²) in [6.45, 7) is 3.47. The molecule has 1 fully saturated rings. The van der Waals surface area contributed by atoms with E-state index in [1.165, 1.54) is 12.1 Å². The third kappa shape index (κ3) is 5.32. The number of aromatic nitrogens is 2. The fourth-order valence-electron chi connectivity index (χ4n) is 4.59. The maximum atomic E-state index is 13.9. The standard InChI is InChI=1S/C28H27F3N4O2/c1-18-6-7-19(15-22(18)24-17-32-26-5-3-4-12-35(24)26)27(36)33-20-8-9-25(23(16-20)28(29,30)31)37-21-10-13-34(2)14-11-21/h3-9,12,15-17,21H,10-11,13-14H2,1-2H3,(H,33,36). The summed E-state index contributed by atoms with van der Waals surface area (Å²) in [5.41, 5.74) is 2.81. The van der Waals surface area contributed by atoms with Gasteiger partial charge in [0.2, 0.25) is 0 Å². The van der Waals surface area contributed by atoms with Crippen molar-refractivity contribution < 1.29 is 22.7 Å². The zero-order valence-electron chi connectivity index (χ0n) is 20.5. The molecule has 0 bridgehead atoms. The average Bonchev–Trinajstić information content (AvgIpc) is 3.30. The van der Waals surface area contributed by atoms with Crippen LogP contribution in [0, 0.1) is 6.92 Å². The van der Waals surface area contributed by atoms with Gasteiger partial charge in [0.05, 0.1) is 17.5 Å². The lowest BCUT2D eigenvalue weighted by molar-refractivity contribution is -0.139. The number of alkyl halides is 3. The molecule has 6 nitrogen and oxygen atoms in total. The van der Waals surface area contributed by atoms with E-state index in [0.717, 1.165) is 41.6 Å². The Morgan fingerprint density at radius 3 is 2.62 bits per heavy atom. The molecule has 1 saturated heterocycles. The number of nitrogens with zero attached hydrogens (tertiary/aromatic N) is 3. The van der Waals surface area contributed by atoms with Gasteiger partial charge >= 0.3 is 6.18 Å². The highest BCUT2D eigenvalue weighted by atomic mass is 19.4. The number of halogens is 3. The Hall–Kier alpha value is -3.85. The van der Waals surface area contributed by atoms with Crippen molar-refractivity contribution in [1.82, 2.24) is 14.3 Å². The van der Waals surface area contributed by atoms with Gasteiger partial charge in [-0.25, -0.2) is 4.98 Å². The van der Waals surface area contributed by atoms with Crippen molar-refractivity contribution in [3.8, 4) is 17.0 Å². The minimum atomic E-state index is -4.62. The van der Waals surface area contributed by atoms with Gasteiger partial charge in [-0.2, -0.15) is 13.2 Å². The average molecular weight is 509 g/mol. The predicted octanol–water partition coefficient (Wildman–Crippen LogP) is 6.05. The Kier molecular flexibility index (Phi) is 6.64. The maximum absolute atomic E-state index is 13.9. The van der Waals surface area contributed by atoms with E-state index in [2.05, 4.69) is 15.2 Å². The molecule has 9 heteroatoms. The third-order valence-corrected chi connectivity index (χ3v) is 6.69. The van der Waals surface area contributed by atoms with Crippen LogP contribution in [0.3, 0.4) is 0 Å². The van der Waals surface area contributed by atoms with Crippen LogP contribution in [0.2, 0.25) is 0 Å². The predicted molar refractivity (Wildman–Crippen MR) is 136 cm³/mol. The van der Waals surface area contributed by atoms with Crippen molar-refractivity contribution >= 4 is 17.2 Å². The zero-order valence-corrected chi connectivity index (χ0v) is 20.5. The first-order valence-corrected chi connectivity index (χ1v) is 12.1. The van der Waals surface area contributed by atoms with Crippen LogP contribution >= 0.6 is 0 Å². The number of aryl methyl sites for hydroxylation is 1. The van der Waals surface area contributed by atoms with Crippen LogP contribution in [0.1, 0.15) is 34.3 Å². The Morgan fingerprint density at radius 1 is 1.08 bits per heavy atom. The number of pyridine rings is 1. The minimum absolute atomic E-state index is 0.0463. The number of piperidine rings is 1. The number of hydrogen-bond donors (Lipinski definition) is 1. The summed E-state index contributed by atoms with van der Waals surface area (Å²) in [5, 5.41) is 2.61. The van der Waals surface area contributed by atoms with Crippen LogP contribution in [0.15, 0.2) is 67.0 Å². The Balaban J connectivity index is 1.39. The second-order valence-corrected chi connectivity index (χ2v) is 9.39. The van der Waals surface area contributed by atoms with Crippen molar-refractivity contribution in [3.05, 3.63) is 83.7 Å². The van der Waals surface area contributed by atoms with E-state index in [0.29, 0.717) is 18.4 Å². The normalized spacial score (nSPS) is 15.2. The van der Waals surface area contributed by atoms with Crippen LogP contribution < -0.4 is 10.1 Å². The van der Waals surface area contributed by atoms with Gasteiger partial charge in [-0.1, -0.05) is 12.1 Å². The van der Waals surface area contributed by atoms with Gasteiger partial charge in [-0.15, -0.1) is 0 Å². The summed E-state index contributed by atoms with van der Waals surface area (Å²) in [4.78, 5) is 19.6. The molecule has 3 heterocycles. The lowest BCUT2D eigenvalue weighted by Crippen LogP contribution is -2.36. The first kappa shape index (κ1) is 24.8. The number of rotatable bonds is 5. The van der Waals surface area contributed by atoms with Crippen molar-refractivity contribution in [2.75, 3.05) is 25.5 Å². The number of carbonyl (C=O) groups excluding carboxylic acids is 1. The first-order valence-electron chi connectivity index (χ1n) is 12.1. The Morgan fingerprint density at radius 2 is 1.86 bits per heavy atom. The highest BCUT2D eigenvalue weighted by Crippen LogP contribution is 2.39. The van der Waals surface area contributed by atoms with Gasteiger partial charge in [0.25, 0.3) is 5.91 Å². The van der Waals surface area contributed by atoms with Crippen LogP contribution in [-0.4, -0.2) is 46.4 Å². The highest BCUT2D eigenvalue weighted by Gasteiger charge is 2.36. The molecule has 5 rings (SSSR count). The van der Waals surface area contributed by atoms with Crippen LogP contribution in [0.4, 0.5) is 18.9 Å². The number of likely N-dealkylation sites (tertiary alicyclic amines) is 1. The summed E-state index contributed by atoms with van der Waals surface area (Å²) in [6.07, 6.45) is 0.0452. The number of imidazole rings is 1. The fraction of sp³-hybridized carbons (Fsp3) is 0.286. The van der Waals surface area contributed by atoms with Gasteiger partial charge in [0.1, 0.15) is 17.5 Å². The van der Waals surface area contributed by atoms with E-state index >= 15 is 0 Å². The van der Waals surface area contributed by atoms with Gasteiger partial charge in [-0.3, -0.25) is 9.20 Å². The first-order chi connectivity index (χ1) is 17.7. The number of carbonyl (C=O) groups is 1. The van der Waals surface area contributed by atoms with Crippen molar-refractivity contribution in [3.63, 3.8) is 0 Å². The maximum Gasteiger partial charge on any atom is 0.420 e. The van der Waals surface area contributed by atoms with E-state index in [-0.39, 0.29) is 17.5 Å². The molecule has 1 N–H and O–H groups in total. The summed E-state index contributed by atoms with van der Waals surface area (Å²) >= 11 is 0. The lowest BCUT2D eigenvalue weighted by Gasteiger charge is -2.30. The smallest absolute Gasteiger partial charge is 0.420 e. The molecule has 2 aromatic heterocycles. The topological polar surface area (TPSA) is 58.9 Å². The third-order valence-electron chi connectivity index (χ3n) is 6.69. The molecule has 0 atom stereocenters. The van der Waals surface area contributed by atoms with Gasteiger partial charge < -0.3 is 15.0 Å². The molecular weight excluding hydrogens is 481 g/mol. The molecule has 1 aliphatic rings. The number of benzene rings is 2. The molecule has 0 unspecified atom stereocenters. The number of ether oxygens (including phenoxy) is 1. The van der Waals surface area contributed by atoms with Crippen molar-refractivity contribution in [2.45, 2.75) is 32.0 Å². The van der Waals surface area contributed by atoms with E-state index in [1.54, 1.807) is 18.3 Å². The van der Waals surface area contributed by atoms with Gasteiger partial charge in [0.15, 0.2) is 0 Å². The molecule has 0 saturated carbocycles. The number of anilines is 1. The monoisotopic (exact) mass is 508 g/mol. The van der Waals surface area contributed by atoms with E-state index in [1.807, 2.05) is 48.8 Å². The van der Waals surface area contributed by atoms with E-state index < -0.39 is 17.6 Å². The molecule has 0 radical (unpaired) electrons. The van der Waals surface area contributed by atoms with Crippen LogP contribution in [0.5, 0.6) is 5.75 Å². The summed E-state index contributed by atoms with van der Waals surface area (Å²) in [6, 6.07) is 14.5. The number of nitrogens with one attached hydrogen (secondary N) is 1. The molecule has 37 heavy (non-hydrogen) atoms. The van der Waals surface area contributed by atoms with E-state index in [9.17, 15) is 18.0 Å². The SMILES string of the molecule is Cc1ccc(C(=O)Nc2ccc(OC3CCN(C)CC3)c(C(F)(F)F)c2)cc1-c1cnc2ccccn12. The fourth-order valence-corrected chi connectivity index (χ4v) is 4.59. The molecular formula is C28H27F3N4O2. The quantitative estimate of drug-likeness (QED) is 0.356. The summed E-state index contributed by atoms with van der Waals surface area (Å²) in [7, 11) is 1.98. The molecule has 4 aromatic rings. The van der Waals surface area contributed by atoms with Crippen LogP contribution in [-0.2, 0) is 6.18 Å². The second-order valence-electron chi connectivity index (χ2n) is 9.39. The number of amides is 1. The van der Waals surface area contributed by atoms with Gasteiger partial charge in [-0.05, 0) is 74.8 Å². The van der Waals surface area contributed by atoms with Crippen molar-refractivity contribution in [2.24, 2.45) is 0 Å². The van der Waals surface area contributed by atoms with E-state index in [4.69, 9.17) is 4.74 Å². The Bertz CT molecular complexity index is 1440. The molecule has 1 amide bonds. The van der Waals surface area contributed by atoms with Crippen LogP contribution in [0.25, 0.3) is 16.9 Å². The number of fused-ring (bicyclic) bond motifs is 1. The van der Waals surface area contributed by atoms with Gasteiger partial charge in [0, 0.05) is 36.1 Å². The molecule has 0 aliphatic carbocycles. The summed E-state index contributed by atoms with van der Waals surface area (Å²) in [5.74, 6) is -0.725. The molecule has 2 aromatic carbocycles. The second kappa shape index (κ2) is 9.89. The molecule has 192 valence electrons. The molecule has 1 aliphatic heterocycles. The Labute approximate surface area is 212 Å². The number of hydrogen-bond acceptors (Lipinski definition) is 4.